The lowest BCUT2D eigenvalue weighted by Crippen LogP contribution is -2.08. The minimum absolute atomic E-state index is 0.231. The molecule has 3 aromatic rings. The van der Waals surface area contributed by atoms with Gasteiger partial charge < -0.3 is 9.30 Å². The predicted molar refractivity (Wildman–Crippen MR) is 92.3 cm³/mol. The molecule has 0 unspecified atom stereocenters. The van der Waals surface area contributed by atoms with Crippen LogP contribution in [0, 0.1) is 0 Å². The molecule has 0 bridgehead atoms. The Bertz CT molecular complexity index is 818. The van der Waals surface area contributed by atoms with Gasteiger partial charge in [0.2, 0.25) is 0 Å². The van der Waals surface area contributed by atoms with Crippen LogP contribution in [0.4, 0.5) is 0 Å². The largest absolute Gasteiger partial charge is 0.461 e. The maximum atomic E-state index is 11.7. The first-order valence-corrected chi connectivity index (χ1v) is 7.64. The number of benzene rings is 2. The summed E-state index contributed by atoms with van der Waals surface area (Å²) in [5.41, 5.74) is 3.34. The highest BCUT2D eigenvalue weighted by Crippen LogP contribution is 2.19. The Kier molecular flexibility index (Phi) is 4.57. The van der Waals surface area contributed by atoms with Crippen LogP contribution in [0.2, 0.25) is 0 Å². The van der Waals surface area contributed by atoms with E-state index in [1.54, 1.807) is 6.08 Å². The number of esters is 1. The van der Waals surface area contributed by atoms with E-state index >= 15 is 0 Å². The first-order valence-electron chi connectivity index (χ1n) is 7.64. The third kappa shape index (κ3) is 3.69. The second-order valence-corrected chi connectivity index (χ2v) is 5.47. The number of carbonyl (C=O) groups excluding carboxylic acids is 1. The minimum atomic E-state index is -0.231. The number of ether oxygens (including phenoxy) is 1. The van der Waals surface area contributed by atoms with Crippen molar-refractivity contribution in [2.24, 2.45) is 0 Å². The summed E-state index contributed by atoms with van der Waals surface area (Å²) < 4.78 is 7.25. The molecule has 1 aromatic heterocycles. The zero-order chi connectivity index (χ0) is 16.1. The molecule has 23 heavy (non-hydrogen) atoms. The summed E-state index contributed by atoms with van der Waals surface area (Å²) in [6.45, 7) is 4.61. The zero-order valence-corrected chi connectivity index (χ0v) is 12.9. The van der Waals surface area contributed by atoms with Crippen LogP contribution in [-0.2, 0) is 22.5 Å². The summed E-state index contributed by atoms with van der Waals surface area (Å²) >= 11 is 0. The molecule has 0 aliphatic carbocycles. The van der Waals surface area contributed by atoms with E-state index in [1.807, 2.05) is 30.3 Å². The lowest BCUT2D eigenvalue weighted by molar-refractivity contribution is -0.141. The van der Waals surface area contributed by atoms with Crippen LogP contribution in [0.5, 0.6) is 0 Å². The molecule has 0 aliphatic heterocycles. The first-order chi connectivity index (χ1) is 11.3. The van der Waals surface area contributed by atoms with E-state index in [9.17, 15) is 4.79 Å². The van der Waals surface area contributed by atoms with Crippen molar-refractivity contribution in [1.29, 1.82) is 0 Å². The maximum Gasteiger partial charge on any atom is 0.310 e. The molecule has 0 fully saturated rings. The maximum absolute atomic E-state index is 11.7. The smallest absolute Gasteiger partial charge is 0.310 e. The molecule has 116 valence electrons. The van der Waals surface area contributed by atoms with Crippen LogP contribution in [0.15, 0.2) is 73.4 Å². The van der Waals surface area contributed by atoms with Crippen LogP contribution >= 0.6 is 0 Å². The third-order valence-electron chi connectivity index (χ3n) is 3.74. The second-order valence-electron chi connectivity index (χ2n) is 5.47. The van der Waals surface area contributed by atoms with Gasteiger partial charge in [-0.2, -0.15) is 0 Å². The van der Waals surface area contributed by atoms with Crippen LogP contribution in [0.1, 0.15) is 11.1 Å². The van der Waals surface area contributed by atoms with E-state index < -0.39 is 0 Å². The molecule has 0 atom stereocenters. The van der Waals surface area contributed by atoms with Gasteiger partial charge in [-0.05, 0) is 28.6 Å². The van der Waals surface area contributed by atoms with Gasteiger partial charge in [0, 0.05) is 18.3 Å². The molecule has 0 amide bonds. The Morgan fingerprint density at radius 3 is 2.70 bits per heavy atom. The summed E-state index contributed by atoms with van der Waals surface area (Å²) in [6, 6.07) is 18.5. The summed E-state index contributed by atoms with van der Waals surface area (Å²) in [7, 11) is 0. The highest BCUT2D eigenvalue weighted by Gasteiger charge is 2.07. The summed E-state index contributed by atoms with van der Waals surface area (Å²) in [6.07, 6.45) is 3.93. The predicted octanol–water partition coefficient (Wildman–Crippen LogP) is 3.96. The van der Waals surface area contributed by atoms with E-state index in [2.05, 4.69) is 41.6 Å². The Labute approximate surface area is 135 Å². The van der Waals surface area contributed by atoms with Gasteiger partial charge in [-0.25, -0.2) is 0 Å². The lowest BCUT2D eigenvalue weighted by atomic mass is 10.1. The van der Waals surface area contributed by atoms with Crippen molar-refractivity contribution >= 4 is 16.9 Å². The average Bonchev–Trinajstić information content (AvgIpc) is 2.96. The van der Waals surface area contributed by atoms with E-state index in [0.717, 1.165) is 17.6 Å². The quantitative estimate of drug-likeness (QED) is 0.510. The SMILES string of the molecule is C=CCOC(=O)Cc1ccc2ccn(Cc3ccccc3)c2c1. The fourth-order valence-corrected chi connectivity index (χ4v) is 2.63. The molecule has 3 heteroatoms. The molecule has 0 spiro atoms. The molecule has 0 saturated heterocycles. The topological polar surface area (TPSA) is 31.2 Å². The van der Waals surface area contributed by atoms with Crippen LogP contribution < -0.4 is 0 Å². The van der Waals surface area contributed by atoms with Crippen molar-refractivity contribution in [3.8, 4) is 0 Å². The van der Waals surface area contributed by atoms with Gasteiger partial charge in [0.15, 0.2) is 0 Å². The summed E-state index contributed by atoms with van der Waals surface area (Å²) in [4.78, 5) is 11.7. The van der Waals surface area contributed by atoms with Gasteiger partial charge in [0.25, 0.3) is 0 Å². The molecular weight excluding hydrogens is 286 g/mol. The lowest BCUT2D eigenvalue weighted by Gasteiger charge is -2.07. The Balaban J connectivity index is 1.82. The number of hydrogen-bond acceptors (Lipinski definition) is 2. The second kappa shape index (κ2) is 6.97. The van der Waals surface area contributed by atoms with Gasteiger partial charge in [0.1, 0.15) is 6.61 Å². The van der Waals surface area contributed by atoms with Crippen molar-refractivity contribution in [3.05, 3.63) is 84.6 Å². The van der Waals surface area contributed by atoms with Crippen molar-refractivity contribution in [1.82, 2.24) is 4.57 Å². The number of fused-ring (bicyclic) bond motifs is 1. The monoisotopic (exact) mass is 305 g/mol. The average molecular weight is 305 g/mol. The highest BCUT2D eigenvalue weighted by molar-refractivity contribution is 5.82. The Morgan fingerprint density at radius 2 is 1.91 bits per heavy atom. The number of hydrogen-bond donors (Lipinski definition) is 0. The number of nitrogens with zero attached hydrogens (tertiary/aromatic N) is 1. The van der Waals surface area contributed by atoms with Gasteiger partial charge in [-0.3, -0.25) is 4.79 Å². The van der Waals surface area contributed by atoms with Crippen molar-refractivity contribution < 1.29 is 9.53 Å². The van der Waals surface area contributed by atoms with Gasteiger partial charge in [0.05, 0.1) is 6.42 Å². The fraction of sp³-hybridized carbons (Fsp3) is 0.150. The van der Waals surface area contributed by atoms with Crippen molar-refractivity contribution in [3.63, 3.8) is 0 Å². The summed E-state index contributed by atoms with van der Waals surface area (Å²) in [5, 5.41) is 1.17. The molecule has 1 heterocycles. The summed E-state index contributed by atoms with van der Waals surface area (Å²) in [5.74, 6) is -0.231. The van der Waals surface area contributed by atoms with Crippen molar-refractivity contribution in [2.45, 2.75) is 13.0 Å². The Morgan fingerprint density at radius 1 is 1.09 bits per heavy atom. The molecule has 3 rings (SSSR count). The van der Waals surface area contributed by atoms with Crippen molar-refractivity contribution in [2.75, 3.05) is 6.61 Å². The molecule has 0 saturated carbocycles. The van der Waals surface area contributed by atoms with Gasteiger partial charge in [-0.15, -0.1) is 0 Å². The molecule has 0 aliphatic rings. The van der Waals surface area contributed by atoms with Gasteiger partial charge in [-0.1, -0.05) is 55.1 Å². The minimum Gasteiger partial charge on any atom is -0.461 e. The molecule has 0 radical (unpaired) electrons. The highest BCUT2D eigenvalue weighted by atomic mass is 16.5. The number of carbonyl (C=O) groups is 1. The van der Waals surface area contributed by atoms with Crippen LogP contribution in [0.3, 0.4) is 0 Å². The zero-order valence-electron chi connectivity index (χ0n) is 12.9. The normalized spacial score (nSPS) is 10.6. The van der Waals surface area contributed by atoms with E-state index in [1.165, 1.54) is 10.9 Å². The first kappa shape index (κ1) is 15.1. The van der Waals surface area contributed by atoms with E-state index in [-0.39, 0.29) is 19.0 Å². The number of rotatable bonds is 6. The fourth-order valence-electron chi connectivity index (χ4n) is 2.63. The van der Waals surface area contributed by atoms with Crippen LogP contribution in [0.25, 0.3) is 10.9 Å². The molecular formula is C20H19NO2. The molecule has 2 aromatic carbocycles. The molecule has 3 nitrogen and oxygen atoms in total. The van der Waals surface area contributed by atoms with Crippen LogP contribution in [-0.4, -0.2) is 17.1 Å². The third-order valence-corrected chi connectivity index (χ3v) is 3.74. The standard InChI is InChI=1S/C20H19NO2/c1-2-12-23-20(22)14-17-8-9-18-10-11-21(19(18)13-17)15-16-6-4-3-5-7-16/h2-11,13H,1,12,14-15H2. The molecule has 0 N–H and O–H groups in total. The Hall–Kier alpha value is -2.81. The van der Waals surface area contributed by atoms with Gasteiger partial charge >= 0.3 is 5.97 Å². The number of aromatic nitrogens is 1. The van der Waals surface area contributed by atoms with E-state index in [4.69, 9.17) is 4.74 Å². The van der Waals surface area contributed by atoms with E-state index in [0.29, 0.717) is 0 Å².